The van der Waals surface area contributed by atoms with Gasteiger partial charge in [-0.15, -0.1) is 0 Å². The van der Waals surface area contributed by atoms with Gasteiger partial charge in [0.1, 0.15) is 0 Å². The molecule has 0 aromatic rings. The fourth-order valence-electron chi connectivity index (χ4n) is 2.33. The van der Waals surface area contributed by atoms with Gasteiger partial charge in [0.2, 0.25) is 0 Å². The Morgan fingerprint density at radius 2 is 1.43 bits per heavy atom. The Balaban J connectivity index is 3.28. The number of esters is 1. The molecule has 0 aromatic carbocycles. The van der Waals surface area contributed by atoms with Gasteiger partial charge in [-0.05, 0) is 45.4 Å². The van der Waals surface area contributed by atoms with Crippen LogP contribution in [0.3, 0.4) is 0 Å². The second-order valence-electron chi connectivity index (χ2n) is 6.16. The van der Waals surface area contributed by atoms with Crippen LogP contribution < -0.4 is 0 Å². The van der Waals surface area contributed by atoms with Crippen LogP contribution in [0.4, 0.5) is 0 Å². The summed E-state index contributed by atoms with van der Waals surface area (Å²) in [5.41, 5.74) is 0. The molecule has 0 unspecified atom stereocenters. The van der Waals surface area contributed by atoms with Gasteiger partial charge in [-0.3, -0.25) is 4.79 Å². The maximum absolute atomic E-state index is 11.3. The van der Waals surface area contributed by atoms with Crippen molar-refractivity contribution in [1.82, 2.24) is 0 Å². The van der Waals surface area contributed by atoms with Gasteiger partial charge in [0.05, 0.1) is 5.76 Å². The van der Waals surface area contributed by atoms with Crippen LogP contribution >= 0.6 is 0 Å². The van der Waals surface area contributed by atoms with Crippen LogP contribution in [0.25, 0.3) is 0 Å². The Kier molecular flexibility index (Phi) is 16.1. The van der Waals surface area contributed by atoms with Crippen molar-refractivity contribution in [1.29, 1.82) is 0 Å². The molecule has 0 aliphatic heterocycles. The average molecular weight is 321 g/mol. The van der Waals surface area contributed by atoms with Crippen molar-refractivity contribution in [2.24, 2.45) is 0 Å². The normalized spacial score (nSPS) is 11.4. The summed E-state index contributed by atoms with van der Waals surface area (Å²) < 4.78 is 4.92. The molecule has 2 nitrogen and oxygen atoms in total. The first-order valence-electron chi connectivity index (χ1n) is 9.33. The lowest BCUT2D eigenvalue weighted by Crippen LogP contribution is -2.01. The maximum Gasteiger partial charge on any atom is 0.310 e. The number of hydrogen-bond acceptors (Lipinski definition) is 2. The third-order valence-electron chi connectivity index (χ3n) is 3.62. The first kappa shape index (κ1) is 21.7. The zero-order valence-electron chi connectivity index (χ0n) is 15.3. The van der Waals surface area contributed by atoms with Gasteiger partial charge in [0, 0.05) is 6.42 Å². The van der Waals surface area contributed by atoms with Crippen LogP contribution in [-0.4, -0.2) is 5.97 Å². The highest BCUT2D eigenvalue weighted by molar-refractivity contribution is 5.70. The summed E-state index contributed by atoms with van der Waals surface area (Å²) in [6.45, 7) is 7.50. The van der Waals surface area contributed by atoms with E-state index >= 15 is 0 Å². The van der Waals surface area contributed by atoms with Crippen LogP contribution in [0.2, 0.25) is 0 Å². The van der Waals surface area contributed by atoms with Crippen molar-refractivity contribution in [3.05, 3.63) is 36.6 Å². The molecular formula is C21H36O2. The predicted molar refractivity (Wildman–Crippen MR) is 100 cm³/mol. The van der Waals surface area contributed by atoms with Crippen molar-refractivity contribution in [3.8, 4) is 0 Å². The molecule has 0 saturated carbocycles. The summed E-state index contributed by atoms with van der Waals surface area (Å²) in [5, 5.41) is 0. The van der Waals surface area contributed by atoms with Crippen LogP contribution in [-0.2, 0) is 9.53 Å². The average Bonchev–Trinajstić information content (AvgIpc) is 2.50. The van der Waals surface area contributed by atoms with Crippen molar-refractivity contribution < 1.29 is 9.53 Å². The summed E-state index contributed by atoms with van der Waals surface area (Å²) in [6, 6.07) is 0. The van der Waals surface area contributed by atoms with Crippen LogP contribution in [0.5, 0.6) is 0 Å². The van der Waals surface area contributed by atoms with Crippen molar-refractivity contribution in [2.75, 3.05) is 0 Å². The summed E-state index contributed by atoms with van der Waals surface area (Å²) >= 11 is 0. The number of carbonyl (C=O) groups is 1. The van der Waals surface area contributed by atoms with E-state index in [4.69, 9.17) is 4.74 Å². The summed E-state index contributed by atoms with van der Waals surface area (Å²) in [4.78, 5) is 11.3. The number of hydrogen-bond donors (Lipinski definition) is 0. The Hall–Kier alpha value is -1.31. The first-order chi connectivity index (χ1) is 11.2. The van der Waals surface area contributed by atoms with E-state index < -0.39 is 0 Å². The molecule has 0 aliphatic rings. The highest BCUT2D eigenvalue weighted by atomic mass is 16.5. The molecule has 0 bridgehead atoms. The zero-order valence-corrected chi connectivity index (χ0v) is 15.3. The number of carbonyl (C=O) groups excluding carboxylic acids is 1. The molecule has 0 N–H and O–H groups in total. The number of rotatable bonds is 15. The van der Waals surface area contributed by atoms with E-state index in [0.29, 0.717) is 12.2 Å². The Labute approximate surface area is 143 Å². The highest BCUT2D eigenvalue weighted by Gasteiger charge is 2.02. The lowest BCUT2D eigenvalue weighted by atomic mass is 10.1. The van der Waals surface area contributed by atoms with Crippen molar-refractivity contribution in [3.63, 3.8) is 0 Å². The third kappa shape index (κ3) is 18.6. The minimum atomic E-state index is -0.150. The second kappa shape index (κ2) is 17.1. The molecule has 0 heterocycles. The van der Waals surface area contributed by atoms with E-state index in [1.165, 1.54) is 51.4 Å². The van der Waals surface area contributed by atoms with Gasteiger partial charge < -0.3 is 4.74 Å². The topological polar surface area (TPSA) is 26.3 Å². The quantitative estimate of drug-likeness (QED) is 0.142. The van der Waals surface area contributed by atoms with E-state index in [1.807, 2.05) is 0 Å². The lowest BCUT2D eigenvalue weighted by Gasteiger charge is -2.02. The third-order valence-corrected chi connectivity index (χ3v) is 3.62. The molecule has 0 amide bonds. The molecule has 0 saturated heterocycles. The van der Waals surface area contributed by atoms with Gasteiger partial charge in [-0.1, -0.05) is 69.9 Å². The molecule has 132 valence electrons. The van der Waals surface area contributed by atoms with Gasteiger partial charge in [-0.2, -0.15) is 0 Å². The fourth-order valence-corrected chi connectivity index (χ4v) is 2.33. The number of ether oxygens (including phenoxy) is 1. The fraction of sp³-hybridized carbons (Fsp3) is 0.667. The van der Waals surface area contributed by atoms with E-state index in [1.54, 1.807) is 6.92 Å². The maximum atomic E-state index is 11.3. The lowest BCUT2D eigenvalue weighted by molar-refractivity contribution is -0.139. The molecule has 23 heavy (non-hydrogen) atoms. The van der Waals surface area contributed by atoms with E-state index in [2.05, 4.69) is 37.8 Å². The molecule has 0 radical (unpaired) electrons. The minimum absolute atomic E-state index is 0.150. The Morgan fingerprint density at radius 3 is 2.04 bits per heavy atom. The van der Waals surface area contributed by atoms with Crippen LogP contribution in [0.15, 0.2) is 36.6 Å². The summed E-state index contributed by atoms with van der Waals surface area (Å²) in [5.74, 6) is 0.334. The van der Waals surface area contributed by atoms with E-state index in [-0.39, 0.29) is 5.97 Å². The van der Waals surface area contributed by atoms with Crippen LogP contribution in [0.1, 0.15) is 90.9 Å². The Bertz CT molecular complexity index is 353. The highest BCUT2D eigenvalue weighted by Crippen LogP contribution is 2.09. The molecule has 2 heteroatoms. The van der Waals surface area contributed by atoms with Crippen LogP contribution in [0, 0.1) is 0 Å². The first-order valence-corrected chi connectivity index (χ1v) is 9.33. The SMILES string of the molecule is C=C(C)OC(=O)CCCCCCC/C=C\C/C=C\CCCCC. The molecule has 0 aromatic heterocycles. The van der Waals surface area contributed by atoms with Gasteiger partial charge in [0.25, 0.3) is 0 Å². The standard InChI is InChI=1S/C21H36O2/c1-4-5-6-7-8-9-10-11-12-13-14-15-16-17-18-19-21(22)23-20(2)3/h8-9,11-12H,2,4-7,10,13-19H2,1,3H3/b9-8-,12-11-. The smallest absolute Gasteiger partial charge is 0.310 e. The predicted octanol–water partition coefficient (Wildman–Crippen LogP) is 6.88. The molecule has 0 aliphatic carbocycles. The number of unbranched alkanes of at least 4 members (excludes halogenated alkanes) is 8. The Morgan fingerprint density at radius 1 is 0.870 bits per heavy atom. The molecule has 0 atom stereocenters. The van der Waals surface area contributed by atoms with Gasteiger partial charge in [0.15, 0.2) is 0 Å². The van der Waals surface area contributed by atoms with Gasteiger partial charge >= 0.3 is 5.97 Å². The monoisotopic (exact) mass is 320 g/mol. The van der Waals surface area contributed by atoms with Crippen molar-refractivity contribution in [2.45, 2.75) is 90.9 Å². The van der Waals surface area contributed by atoms with Crippen molar-refractivity contribution >= 4 is 5.97 Å². The molecule has 0 spiro atoms. The summed E-state index contributed by atoms with van der Waals surface area (Å²) in [7, 11) is 0. The molecule has 0 rings (SSSR count). The largest absolute Gasteiger partial charge is 0.432 e. The number of allylic oxidation sites excluding steroid dienone is 5. The minimum Gasteiger partial charge on any atom is -0.432 e. The van der Waals surface area contributed by atoms with Gasteiger partial charge in [-0.25, -0.2) is 0 Å². The van der Waals surface area contributed by atoms with E-state index in [9.17, 15) is 4.79 Å². The summed E-state index contributed by atoms with van der Waals surface area (Å²) in [6.07, 6.45) is 22.8. The zero-order chi connectivity index (χ0) is 17.2. The second-order valence-corrected chi connectivity index (χ2v) is 6.16. The van der Waals surface area contributed by atoms with E-state index in [0.717, 1.165) is 19.3 Å². The molecular weight excluding hydrogens is 284 g/mol. The molecule has 0 fully saturated rings.